The van der Waals surface area contributed by atoms with Crippen molar-refractivity contribution in [2.45, 2.75) is 32.9 Å². The van der Waals surface area contributed by atoms with Crippen molar-refractivity contribution in [3.05, 3.63) is 29.6 Å². The molecule has 0 fully saturated rings. The number of hydrogen-bond acceptors (Lipinski definition) is 4. The van der Waals surface area contributed by atoms with Gasteiger partial charge in [-0.3, -0.25) is 4.79 Å². The fraction of sp³-hybridized carbons (Fsp3) is 0.462. The summed E-state index contributed by atoms with van der Waals surface area (Å²) in [4.78, 5) is 15.5. The fourth-order valence-corrected chi connectivity index (χ4v) is 1.41. The molecule has 5 heteroatoms. The highest BCUT2D eigenvalue weighted by Crippen LogP contribution is 2.00. The Kier molecular flexibility index (Phi) is 5.81. The molecule has 1 atom stereocenters. The molecule has 5 nitrogen and oxygen atoms in total. The summed E-state index contributed by atoms with van der Waals surface area (Å²) >= 11 is 0. The lowest BCUT2D eigenvalue weighted by Gasteiger charge is -2.13. The standard InChI is InChI=1S/C13H18N4O/c1-3-5-16-13(18)10(2)17-9-11-4-6-15-12(7-11)8-14/h4,6-7,10,17H,3,5,9H2,1-2H3,(H,16,18). The molecule has 18 heavy (non-hydrogen) atoms. The van der Waals surface area contributed by atoms with Gasteiger partial charge in [0.05, 0.1) is 6.04 Å². The van der Waals surface area contributed by atoms with E-state index >= 15 is 0 Å². The minimum Gasteiger partial charge on any atom is -0.355 e. The summed E-state index contributed by atoms with van der Waals surface area (Å²) < 4.78 is 0. The van der Waals surface area contributed by atoms with Crippen LogP contribution in [0.4, 0.5) is 0 Å². The van der Waals surface area contributed by atoms with E-state index < -0.39 is 0 Å². The molecular weight excluding hydrogens is 228 g/mol. The van der Waals surface area contributed by atoms with Gasteiger partial charge < -0.3 is 10.6 Å². The Morgan fingerprint density at radius 2 is 2.39 bits per heavy atom. The predicted molar refractivity (Wildman–Crippen MR) is 68.6 cm³/mol. The summed E-state index contributed by atoms with van der Waals surface area (Å²) in [6.45, 7) is 5.06. The largest absolute Gasteiger partial charge is 0.355 e. The van der Waals surface area contributed by atoms with Gasteiger partial charge in [0.1, 0.15) is 11.8 Å². The van der Waals surface area contributed by atoms with E-state index in [1.54, 1.807) is 12.3 Å². The topological polar surface area (TPSA) is 77.8 Å². The van der Waals surface area contributed by atoms with Crippen LogP contribution in [-0.4, -0.2) is 23.5 Å². The lowest BCUT2D eigenvalue weighted by atomic mass is 10.2. The summed E-state index contributed by atoms with van der Waals surface area (Å²) in [6, 6.07) is 5.27. The van der Waals surface area contributed by atoms with E-state index in [2.05, 4.69) is 15.6 Å². The molecule has 0 aromatic carbocycles. The number of amides is 1. The third-order valence-corrected chi connectivity index (χ3v) is 2.49. The van der Waals surface area contributed by atoms with Gasteiger partial charge in [0, 0.05) is 19.3 Å². The second-order valence-electron chi connectivity index (χ2n) is 4.05. The van der Waals surface area contributed by atoms with E-state index in [0.717, 1.165) is 12.0 Å². The van der Waals surface area contributed by atoms with Crippen LogP contribution < -0.4 is 10.6 Å². The molecule has 0 bridgehead atoms. The van der Waals surface area contributed by atoms with Crippen LogP contribution >= 0.6 is 0 Å². The van der Waals surface area contributed by atoms with Crippen molar-refractivity contribution in [1.82, 2.24) is 15.6 Å². The van der Waals surface area contributed by atoms with Crippen LogP contribution in [-0.2, 0) is 11.3 Å². The number of carbonyl (C=O) groups excluding carboxylic acids is 1. The van der Waals surface area contributed by atoms with Crippen molar-refractivity contribution in [2.75, 3.05) is 6.54 Å². The molecule has 96 valence electrons. The average molecular weight is 246 g/mol. The Morgan fingerprint density at radius 3 is 3.06 bits per heavy atom. The molecule has 1 heterocycles. The molecule has 1 aromatic heterocycles. The SMILES string of the molecule is CCCNC(=O)C(C)NCc1ccnc(C#N)c1. The Labute approximate surface area is 107 Å². The van der Waals surface area contributed by atoms with Crippen molar-refractivity contribution in [3.8, 4) is 6.07 Å². The summed E-state index contributed by atoms with van der Waals surface area (Å²) in [5, 5.41) is 14.7. The highest BCUT2D eigenvalue weighted by molar-refractivity contribution is 5.81. The van der Waals surface area contributed by atoms with Gasteiger partial charge in [0.25, 0.3) is 0 Å². The Bertz CT molecular complexity index is 439. The van der Waals surface area contributed by atoms with Crippen molar-refractivity contribution in [1.29, 1.82) is 5.26 Å². The van der Waals surface area contributed by atoms with Crippen LogP contribution in [0, 0.1) is 11.3 Å². The van der Waals surface area contributed by atoms with Gasteiger partial charge in [-0.25, -0.2) is 4.98 Å². The van der Waals surface area contributed by atoms with Crippen LogP contribution in [0.2, 0.25) is 0 Å². The normalized spacial score (nSPS) is 11.6. The van der Waals surface area contributed by atoms with Crippen molar-refractivity contribution in [3.63, 3.8) is 0 Å². The highest BCUT2D eigenvalue weighted by Gasteiger charge is 2.10. The number of rotatable bonds is 6. The lowest BCUT2D eigenvalue weighted by molar-refractivity contribution is -0.122. The third kappa shape index (κ3) is 4.52. The molecular formula is C13H18N4O. The minimum atomic E-state index is -0.254. The molecule has 1 rings (SSSR count). The van der Waals surface area contributed by atoms with Gasteiger partial charge >= 0.3 is 0 Å². The molecule has 1 unspecified atom stereocenters. The summed E-state index contributed by atoms with van der Waals surface area (Å²) in [5.74, 6) is -0.00795. The number of nitrogens with one attached hydrogen (secondary N) is 2. The molecule has 1 amide bonds. The van der Waals surface area contributed by atoms with E-state index in [4.69, 9.17) is 5.26 Å². The highest BCUT2D eigenvalue weighted by atomic mass is 16.2. The van der Waals surface area contributed by atoms with Crippen LogP contribution in [0.3, 0.4) is 0 Å². The maximum absolute atomic E-state index is 11.6. The molecule has 1 aromatic rings. The van der Waals surface area contributed by atoms with Gasteiger partial charge in [-0.2, -0.15) is 5.26 Å². The van der Waals surface area contributed by atoms with E-state index in [1.807, 2.05) is 26.0 Å². The summed E-state index contributed by atoms with van der Waals surface area (Å²) in [5.41, 5.74) is 1.33. The molecule has 0 aliphatic heterocycles. The second-order valence-corrected chi connectivity index (χ2v) is 4.05. The zero-order valence-electron chi connectivity index (χ0n) is 10.7. The first-order valence-electron chi connectivity index (χ1n) is 6.03. The first-order valence-corrected chi connectivity index (χ1v) is 6.03. The smallest absolute Gasteiger partial charge is 0.236 e. The minimum absolute atomic E-state index is 0.00795. The zero-order valence-corrected chi connectivity index (χ0v) is 10.7. The number of carbonyl (C=O) groups is 1. The molecule has 0 spiro atoms. The van der Waals surface area contributed by atoms with Crippen molar-refractivity contribution < 1.29 is 4.79 Å². The monoisotopic (exact) mass is 246 g/mol. The number of nitrogens with zero attached hydrogens (tertiary/aromatic N) is 2. The Balaban J connectivity index is 2.44. The number of nitriles is 1. The van der Waals surface area contributed by atoms with E-state index in [9.17, 15) is 4.79 Å². The first kappa shape index (κ1) is 14.1. The maximum Gasteiger partial charge on any atom is 0.236 e. The lowest BCUT2D eigenvalue weighted by Crippen LogP contribution is -2.42. The molecule has 2 N–H and O–H groups in total. The van der Waals surface area contributed by atoms with Gasteiger partial charge in [-0.15, -0.1) is 0 Å². The van der Waals surface area contributed by atoms with Crippen LogP contribution in [0.25, 0.3) is 0 Å². The molecule has 0 aliphatic rings. The fourth-order valence-electron chi connectivity index (χ4n) is 1.41. The van der Waals surface area contributed by atoms with Crippen molar-refractivity contribution >= 4 is 5.91 Å². The number of pyridine rings is 1. The van der Waals surface area contributed by atoms with Gasteiger partial charge in [-0.05, 0) is 31.0 Å². The predicted octanol–water partition coefficient (Wildman–Crippen LogP) is 0.958. The first-order chi connectivity index (χ1) is 8.67. The third-order valence-electron chi connectivity index (χ3n) is 2.49. The Morgan fingerprint density at radius 1 is 1.61 bits per heavy atom. The molecule has 0 radical (unpaired) electrons. The molecule has 0 aliphatic carbocycles. The van der Waals surface area contributed by atoms with E-state index in [0.29, 0.717) is 18.8 Å². The molecule has 0 saturated heterocycles. The number of aromatic nitrogens is 1. The van der Waals surface area contributed by atoms with E-state index in [-0.39, 0.29) is 11.9 Å². The van der Waals surface area contributed by atoms with Gasteiger partial charge in [0.15, 0.2) is 0 Å². The van der Waals surface area contributed by atoms with Crippen LogP contribution in [0.5, 0.6) is 0 Å². The van der Waals surface area contributed by atoms with Crippen LogP contribution in [0.15, 0.2) is 18.3 Å². The summed E-state index contributed by atoms with van der Waals surface area (Å²) in [6.07, 6.45) is 2.52. The van der Waals surface area contributed by atoms with Crippen LogP contribution in [0.1, 0.15) is 31.5 Å². The number of hydrogen-bond donors (Lipinski definition) is 2. The average Bonchev–Trinajstić information content (AvgIpc) is 2.42. The van der Waals surface area contributed by atoms with Gasteiger partial charge in [0.2, 0.25) is 5.91 Å². The molecule has 0 saturated carbocycles. The Hall–Kier alpha value is -1.93. The maximum atomic E-state index is 11.6. The summed E-state index contributed by atoms with van der Waals surface area (Å²) in [7, 11) is 0. The zero-order chi connectivity index (χ0) is 13.4. The van der Waals surface area contributed by atoms with Gasteiger partial charge in [-0.1, -0.05) is 6.92 Å². The second kappa shape index (κ2) is 7.41. The van der Waals surface area contributed by atoms with Crippen molar-refractivity contribution in [2.24, 2.45) is 0 Å². The van der Waals surface area contributed by atoms with E-state index in [1.165, 1.54) is 0 Å². The quantitative estimate of drug-likeness (QED) is 0.783.